The second-order valence-electron chi connectivity index (χ2n) is 18.6. The van der Waals surface area contributed by atoms with Crippen LogP contribution in [0.2, 0.25) is 0 Å². The largest absolute Gasteiger partial charge is 0.501 e. The first-order valence-corrected chi connectivity index (χ1v) is 27.8. The van der Waals surface area contributed by atoms with E-state index >= 15 is 0 Å². The number of sulfonamides is 1. The second kappa shape index (κ2) is 21.5. The number of aromatic nitrogens is 1. The van der Waals surface area contributed by atoms with Gasteiger partial charge in [0.1, 0.15) is 4.90 Å². The van der Waals surface area contributed by atoms with Gasteiger partial charge in [-0.3, -0.25) is 9.52 Å². The standard InChI is InChI=1S/C52H58ClF3N6O6S3/c1-36-46(34-63)49(50(59(36)3)37-12-14-39(53)15-13-37)38-8-7-9-43(32-38)62-30-28-61(29-31-62)42-18-16-40(17-19-42)58-71(67,68)45-20-21-47(48(33-45)70(65,66)52(54,55)56)57-41(35-69-44-10-5-4-6-11-44)22-25-60-26-23-51(2,64)24-27-60/h4-12,14,16-21,32-34,41,57-58,64H,13,15,22-31,35H2,1-3H3/t41-/m0/s1. The lowest BCUT2D eigenvalue weighted by Gasteiger charge is -2.37. The number of allylic oxidation sites excluding steroid dienone is 4. The zero-order valence-corrected chi connectivity index (χ0v) is 43.0. The third kappa shape index (κ3) is 12.0. The van der Waals surface area contributed by atoms with Gasteiger partial charge in [0.2, 0.25) is 0 Å². The van der Waals surface area contributed by atoms with Crippen LogP contribution in [0, 0.1) is 6.92 Å². The topological polar surface area (TPSA) is 144 Å². The minimum absolute atomic E-state index is 0.136. The molecule has 5 aromatic rings. The zero-order valence-electron chi connectivity index (χ0n) is 39.8. The lowest BCUT2D eigenvalue weighted by molar-refractivity contribution is -0.0436. The average Bonchev–Trinajstić information content (AvgIpc) is 3.61. The van der Waals surface area contributed by atoms with Gasteiger partial charge in [0.15, 0.2) is 6.29 Å². The molecule has 2 saturated heterocycles. The zero-order chi connectivity index (χ0) is 50.7. The van der Waals surface area contributed by atoms with E-state index in [-0.39, 0.29) is 11.4 Å². The number of nitrogens with zero attached hydrogens (tertiary/aromatic N) is 4. The fourth-order valence-electron chi connectivity index (χ4n) is 9.34. The van der Waals surface area contributed by atoms with E-state index in [2.05, 4.69) is 41.4 Å². The van der Waals surface area contributed by atoms with Gasteiger partial charge in [0.05, 0.1) is 21.9 Å². The van der Waals surface area contributed by atoms with Crippen LogP contribution in [0.5, 0.6) is 0 Å². The van der Waals surface area contributed by atoms with Gasteiger partial charge in [-0.25, -0.2) is 16.8 Å². The van der Waals surface area contributed by atoms with Gasteiger partial charge in [0, 0.05) is 108 Å². The lowest BCUT2D eigenvalue weighted by atomic mass is 9.93. The summed E-state index contributed by atoms with van der Waals surface area (Å²) in [7, 11) is -8.62. The number of sulfone groups is 1. The van der Waals surface area contributed by atoms with Gasteiger partial charge in [-0.1, -0.05) is 48.0 Å². The van der Waals surface area contributed by atoms with Crippen LogP contribution in [0.1, 0.15) is 60.8 Å². The third-order valence-electron chi connectivity index (χ3n) is 13.7. The Balaban J connectivity index is 0.954. The number of carbonyl (C=O) groups is 1. The van der Waals surface area contributed by atoms with E-state index in [9.17, 15) is 39.9 Å². The van der Waals surface area contributed by atoms with E-state index in [1.165, 1.54) is 11.8 Å². The van der Waals surface area contributed by atoms with E-state index in [0.29, 0.717) is 82.5 Å². The highest BCUT2D eigenvalue weighted by Crippen LogP contribution is 2.41. The number of rotatable bonds is 17. The number of aliphatic hydroxyl groups is 1. The summed E-state index contributed by atoms with van der Waals surface area (Å²) in [6.07, 6.45) is 7.94. The lowest BCUT2D eigenvalue weighted by Crippen LogP contribution is -2.46. The molecule has 2 aliphatic heterocycles. The molecule has 12 nitrogen and oxygen atoms in total. The number of carbonyl (C=O) groups excluding carboxylic acids is 1. The average molecular weight is 1050 g/mol. The summed E-state index contributed by atoms with van der Waals surface area (Å²) >= 11 is 7.75. The highest BCUT2D eigenvalue weighted by atomic mass is 35.5. The van der Waals surface area contributed by atoms with E-state index < -0.39 is 46.8 Å². The van der Waals surface area contributed by atoms with Gasteiger partial charge < -0.3 is 29.7 Å². The van der Waals surface area contributed by atoms with Gasteiger partial charge in [-0.2, -0.15) is 13.2 Å². The van der Waals surface area contributed by atoms with Gasteiger partial charge in [0.25, 0.3) is 19.9 Å². The Morgan fingerprint density at radius 1 is 0.845 bits per heavy atom. The fourth-order valence-corrected chi connectivity index (χ4v) is 12.6. The highest BCUT2D eigenvalue weighted by molar-refractivity contribution is 7.99. The number of aldehydes is 1. The highest BCUT2D eigenvalue weighted by Gasteiger charge is 2.48. The maximum atomic E-state index is 14.3. The third-order valence-corrected chi connectivity index (χ3v) is 18.1. The first kappa shape index (κ1) is 52.1. The molecule has 2 fully saturated rings. The quantitative estimate of drug-likeness (QED) is 0.0605. The molecule has 19 heteroatoms. The molecule has 3 N–H and O–H groups in total. The molecule has 3 aliphatic rings. The maximum absolute atomic E-state index is 14.3. The van der Waals surface area contributed by atoms with Gasteiger partial charge in [-0.15, -0.1) is 11.8 Å². The summed E-state index contributed by atoms with van der Waals surface area (Å²) < 4.78 is 101. The summed E-state index contributed by atoms with van der Waals surface area (Å²) in [6.45, 7) is 8.19. The van der Waals surface area contributed by atoms with Crippen LogP contribution in [0.4, 0.5) is 35.9 Å². The minimum Gasteiger partial charge on any atom is -0.390 e. The fraction of sp³-hybridized carbons (Fsp3) is 0.365. The Morgan fingerprint density at radius 2 is 1.52 bits per heavy atom. The van der Waals surface area contributed by atoms with Crippen molar-refractivity contribution in [2.24, 2.45) is 7.05 Å². The summed E-state index contributed by atoms with van der Waals surface area (Å²) in [6, 6.07) is 26.4. The predicted octanol–water partition coefficient (Wildman–Crippen LogP) is 10.3. The number of thioether (sulfide) groups is 1. The molecular formula is C52H58ClF3N6O6S3. The number of anilines is 4. The van der Waals surface area contributed by atoms with Crippen molar-refractivity contribution in [3.63, 3.8) is 0 Å². The van der Waals surface area contributed by atoms with Crippen LogP contribution < -0.4 is 19.8 Å². The van der Waals surface area contributed by atoms with Crippen molar-refractivity contribution in [1.82, 2.24) is 9.47 Å². The van der Waals surface area contributed by atoms with Crippen molar-refractivity contribution in [2.45, 2.75) is 77.8 Å². The molecule has 1 atom stereocenters. The van der Waals surface area contributed by atoms with Crippen LogP contribution in [-0.4, -0.2) is 106 Å². The molecule has 4 aromatic carbocycles. The number of piperidine rings is 1. The SMILES string of the molecule is Cc1c(C=O)c(-c2cccc(N3CCN(c4ccc(NS(=O)(=O)c5ccc(N[C@@H](CCN6CCC(C)(O)CC6)CSc6ccccc6)c(S(=O)(=O)C(F)(F)F)c5)cc4)CC3)c2)c(C2=CC=C(Cl)CC2)n1C. The van der Waals surface area contributed by atoms with E-state index in [1.807, 2.05) is 68.6 Å². The number of benzene rings is 4. The van der Waals surface area contributed by atoms with Gasteiger partial charge in [-0.05, 0) is 130 Å². The summed E-state index contributed by atoms with van der Waals surface area (Å²) in [5.41, 5.74) is 0.617. The molecule has 0 saturated carbocycles. The smallest absolute Gasteiger partial charge is 0.390 e. The van der Waals surface area contributed by atoms with Crippen LogP contribution >= 0.6 is 23.4 Å². The maximum Gasteiger partial charge on any atom is 0.501 e. The van der Waals surface area contributed by atoms with E-state index in [4.69, 9.17) is 11.6 Å². The summed E-state index contributed by atoms with van der Waals surface area (Å²) in [5.74, 6) is 0.371. The van der Waals surface area contributed by atoms with E-state index in [0.717, 1.165) is 80.7 Å². The number of halogens is 4. The number of hydrogen-bond acceptors (Lipinski definition) is 11. The van der Waals surface area contributed by atoms with Crippen molar-refractivity contribution in [1.29, 1.82) is 0 Å². The van der Waals surface area contributed by atoms with Crippen molar-refractivity contribution in [3.05, 3.63) is 131 Å². The minimum atomic E-state index is -6.02. The Bertz CT molecular complexity index is 3020. The monoisotopic (exact) mass is 1050 g/mol. The van der Waals surface area contributed by atoms with Crippen molar-refractivity contribution < 1.29 is 39.9 Å². The molecule has 0 amide bonds. The molecule has 3 heterocycles. The Morgan fingerprint density at radius 3 is 2.15 bits per heavy atom. The van der Waals surface area contributed by atoms with Crippen LogP contribution in [-0.2, 0) is 26.9 Å². The number of likely N-dealkylation sites (tertiary alicyclic amines) is 1. The van der Waals surface area contributed by atoms with Crippen molar-refractivity contribution >= 4 is 77.8 Å². The number of nitrogens with one attached hydrogen (secondary N) is 2. The Kier molecular flexibility index (Phi) is 15.7. The molecule has 1 aromatic heterocycles. The second-order valence-corrected chi connectivity index (χ2v) is 23.8. The molecular weight excluding hydrogens is 993 g/mol. The van der Waals surface area contributed by atoms with Crippen LogP contribution in [0.15, 0.2) is 129 Å². The molecule has 0 spiro atoms. The predicted molar refractivity (Wildman–Crippen MR) is 279 cm³/mol. The number of hydrogen-bond donors (Lipinski definition) is 3. The Labute approximate surface area is 423 Å². The molecule has 0 unspecified atom stereocenters. The summed E-state index contributed by atoms with van der Waals surface area (Å²) in [4.78, 5) is 18.2. The number of piperazine rings is 1. The number of alkyl halides is 3. The first-order valence-electron chi connectivity index (χ1n) is 23.5. The molecule has 1 aliphatic carbocycles. The molecule has 71 heavy (non-hydrogen) atoms. The van der Waals surface area contributed by atoms with Crippen molar-refractivity contribution in [2.75, 3.05) is 71.4 Å². The summed E-state index contributed by atoms with van der Waals surface area (Å²) in [5, 5.41) is 14.3. The van der Waals surface area contributed by atoms with Crippen LogP contribution in [0.25, 0.3) is 16.7 Å². The first-order chi connectivity index (χ1) is 33.7. The molecule has 8 rings (SSSR count). The van der Waals surface area contributed by atoms with Crippen molar-refractivity contribution in [3.8, 4) is 11.1 Å². The molecule has 0 bridgehead atoms. The van der Waals surface area contributed by atoms with E-state index in [1.54, 1.807) is 31.2 Å². The molecule has 0 radical (unpaired) electrons. The van der Waals surface area contributed by atoms with Gasteiger partial charge >= 0.3 is 5.51 Å². The molecule has 378 valence electrons. The Hall–Kier alpha value is -5.24. The normalized spacial score (nSPS) is 17.4. The van der Waals surface area contributed by atoms with Crippen LogP contribution in [0.3, 0.4) is 0 Å².